The SMILES string of the molecule is CCc1ccc(-c2noc(COC(=O)CCC(=O)c3ccc(C)s3)n2)cc1. The Morgan fingerprint density at radius 1 is 1.11 bits per heavy atom. The molecule has 140 valence electrons. The number of carbonyl (C=O) groups excluding carboxylic acids is 2. The van der Waals surface area contributed by atoms with Crippen molar-refractivity contribution in [3.05, 3.63) is 57.6 Å². The number of rotatable bonds is 8. The van der Waals surface area contributed by atoms with E-state index in [1.807, 2.05) is 37.3 Å². The molecule has 1 aromatic carbocycles. The van der Waals surface area contributed by atoms with Crippen molar-refractivity contribution in [3.8, 4) is 11.4 Å². The van der Waals surface area contributed by atoms with Gasteiger partial charge in [-0.2, -0.15) is 4.98 Å². The highest BCUT2D eigenvalue weighted by molar-refractivity contribution is 7.14. The van der Waals surface area contributed by atoms with E-state index < -0.39 is 5.97 Å². The molecule has 0 aliphatic carbocycles. The van der Waals surface area contributed by atoms with E-state index in [2.05, 4.69) is 17.1 Å². The zero-order chi connectivity index (χ0) is 19.2. The number of benzene rings is 1. The third kappa shape index (κ3) is 5.10. The summed E-state index contributed by atoms with van der Waals surface area (Å²) in [5.74, 6) is 0.148. The summed E-state index contributed by atoms with van der Waals surface area (Å²) >= 11 is 1.43. The third-order valence-electron chi connectivity index (χ3n) is 4.02. The lowest BCUT2D eigenvalue weighted by atomic mass is 10.1. The first kappa shape index (κ1) is 19.0. The molecular formula is C20H20N2O4S. The molecule has 0 aliphatic rings. The standard InChI is InChI=1S/C20H20N2O4S/c1-3-14-5-7-15(8-6-14)20-21-18(26-22-20)12-25-19(24)11-9-16(23)17-10-4-13(2)27-17/h4-8,10H,3,9,11-12H2,1-2H3. The molecule has 0 N–H and O–H groups in total. The van der Waals surface area contributed by atoms with Crippen LogP contribution in [0.4, 0.5) is 0 Å². The van der Waals surface area contributed by atoms with Gasteiger partial charge in [0, 0.05) is 16.9 Å². The summed E-state index contributed by atoms with van der Waals surface area (Å²) in [4.78, 5) is 29.8. The summed E-state index contributed by atoms with van der Waals surface area (Å²) < 4.78 is 10.2. The first-order valence-electron chi connectivity index (χ1n) is 8.72. The van der Waals surface area contributed by atoms with Gasteiger partial charge in [-0.25, -0.2) is 0 Å². The summed E-state index contributed by atoms with van der Waals surface area (Å²) in [5, 5.41) is 3.91. The average Bonchev–Trinajstić information content (AvgIpc) is 3.33. The number of ether oxygens (including phenoxy) is 1. The van der Waals surface area contributed by atoms with Crippen LogP contribution in [0.25, 0.3) is 11.4 Å². The van der Waals surface area contributed by atoms with E-state index in [0.717, 1.165) is 16.9 Å². The van der Waals surface area contributed by atoms with E-state index in [1.165, 1.54) is 16.9 Å². The van der Waals surface area contributed by atoms with Gasteiger partial charge in [0.1, 0.15) is 0 Å². The van der Waals surface area contributed by atoms with Crippen molar-refractivity contribution in [1.82, 2.24) is 10.1 Å². The Morgan fingerprint density at radius 2 is 1.89 bits per heavy atom. The Labute approximate surface area is 161 Å². The molecule has 0 fully saturated rings. The molecule has 0 aliphatic heterocycles. The molecule has 3 rings (SSSR count). The van der Waals surface area contributed by atoms with Crippen LogP contribution in [0.15, 0.2) is 40.9 Å². The predicted octanol–water partition coefficient (Wildman–Crippen LogP) is 4.38. The molecule has 2 aromatic heterocycles. The van der Waals surface area contributed by atoms with Crippen LogP contribution in [-0.2, 0) is 22.6 Å². The highest BCUT2D eigenvalue weighted by Gasteiger charge is 2.14. The van der Waals surface area contributed by atoms with Crippen molar-refractivity contribution in [2.45, 2.75) is 39.7 Å². The second kappa shape index (κ2) is 8.73. The molecule has 3 aromatic rings. The van der Waals surface area contributed by atoms with Crippen LogP contribution in [-0.4, -0.2) is 21.9 Å². The van der Waals surface area contributed by atoms with Crippen molar-refractivity contribution >= 4 is 23.1 Å². The van der Waals surface area contributed by atoms with E-state index in [9.17, 15) is 9.59 Å². The summed E-state index contributed by atoms with van der Waals surface area (Å²) in [5.41, 5.74) is 2.06. The van der Waals surface area contributed by atoms with Gasteiger partial charge in [0.2, 0.25) is 5.82 Å². The topological polar surface area (TPSA) is 82.3 Å². The number of aromatic nitrogens is 2. The second-order valence-electron chi connectivity index (χ2n) is 6.06. The molecule has 0 bridgehead atoms. The number of Topliss-reactive ketones (excluding diaryl/α,β-unsaturated/α-hetero) is 1. The van der Waals surface area contributed by atoms with Crippen LogP contribution in [0.2, 0.25) is 0 Å². The molecule has 0 saturated carbocycles. The van der Waals surface area contributed by atoms with Gasteiger partial charge in [-0.15, -0.1) is 11.3 Å². The number of hydrogen-bond acceptors (Lipinski definition) is 7. The molecular weight excluding hydrogens is 364 g/mol. The summed E-state index contributed by atoms with van der Waals surface area (Å²) in [6.45, 7) is 3.92. The van der Waals surface area contributed by atoms with Gasteiger partial charge in [-0.1, -0.05) is 36.3 Å². The Balaban J connectivity index is 1.47. The summed E-state index contributed by atoms with van der Waals surface area (Å²) in [6, 6.07) is 11.5. The number of hydrogen-bond donors (Lipinski definition) is 0. The summed E-state index contributed by atoms with van der Waals surface area (Å²) in [6.07, 6.45) is 1.11. The Hall–Kier alpha value is -2.80. The van der Waals surface area contributed by atoms with Crippen molar-refractivity contribution in [2.75, 3.05) is 0 Å². The fourth-order valence-corrected chi connectivity index (χ4v) is 3.29. The van der Waals surface area contributed by atoms with Gasteiger partial charge in [0.15, 0.2) is 12.4 Å². The maximum absolute atomic E-state index is 12.0. The number of carbonyl (C=O) groups is 2. The smallest absolute Gasteiger partial charge is 0.306 e. The third-order valence-corrected chi connectivity index (χ3v) is 5.06. The van der Waals surface area contributed by atoms with E-state index in [4.69, 9.17) is 9.26 Å². The number of thiophene rings is 1. The van der Waals surface area contributed by atoms with Gasteiger partial charge in [-0.3, -0.25) is 9.59 Å². The molecule has 0 atom stereocenters. The van der Waals surface area contributed by atoms with E-state index in [1.54, 1.807) is 6.07 Å². The van der Waals surface area contributed by atoms with E-state index in [0.29, 0.717) is 10.7 Å². The molecule has 2 heterocycles. The van der Waals surface area contributed by atoms with E-state index >= 15 is 0 Å². The van der Waals surface area contributed by atoms with Crippen LogP contribution in [0, 0.1) is 6.92 Å². The molecule has 0 unspecified atom stereocenters. The largest absolute Gasteiger partial charge is 0.456 e. The van der Waals surface area contributed by atoms with Gasteiger partial charge < -0.3 is 9.26 Å². The molecule has 7 heteroatoms. The van der Waals surface area contributed by atoms with Crippen molar-refractivity contribution in [2.24, 2.45) is 0 Å². The minimum atomic E-state index is -0.469. The van der Waals surface area contributed by atoms with Crippen LogP contribution in [0.1, 0.15) is 45.8 Å². The first-order valence-corrected chi connectivity index (χ1v) is 9.54. The number of esters is 1. The van der Waals surface area contributed by atoms with Crippen LogP contribution in [0.3, 0.4) is 0 Å². The quantitative estimate of drug-likeness (QED) is 0.423. The molecule has 0 saturated heterocycles. The van der Waals surface area contributed by atoms with Crippen molar-refractivity contribution in [1.29, 1.82) is 0 Å². The minimum Gasteiger partial charge on any atom is -0.456 e. The van der Waals surface area contributed by atoms with Crippen LogP contribution < -0.4 is 0 Å². The fraction of sp³-hybridized carbons (Fsp3) is 0.300. The van der Waals surface area contributed by atoms with Gasteiger partial charge in [-0.05, 0) is 31.0 Å². The lowest BCUT2D eigenvalue weighted by Crippen LogP contribution is -2.07. The highest BCUT2D eigenvalue weighted by atomic mass is 32.1. The minimum absolute atomic E-state index is 0.0231. The number of aryl methyl sites for hydroxylation is 2. The first-order chi connectivity index (χ1) is 13.0. The number of ketones is 1. The van der Waals surface area contributed by atoms with Crippen molar-refractivity contribution in [3.63, 3.8) is 0 Å². The fourth-order valence-electron chi connectivity index (χ4n) is 2.46. The molecule has 0 spiro atoms. The average molecular weight is 384 g/mol. The second-order valence-corrected chi connectivity index (χ2v) is 7.34. The molecule has 6 nitrogen and oxygen atoms in total. The van der Waals surface area contributed by atoms with E-state index in [-0.39, 0.29) is 31.1 Å². The monoisotopic (exact) mass is 384 g/mol. The Bertz CT molecular complexity index is 928. The molecule has 0 radical (unpaired) electrons. The maximum Gasteiger partial charge on any atom is 0.306 e. The normalized spacial score (nSPS) is 10.7. The molecule has 27 heavy (non-hydrogen) atoms. The molecule has 0 amide bonds. The van der Waals surface area contributed by atoms with Crippen molar-refractivity contribution < 1.29 is 18.8 Å². The maximum atomic E-state index is 12.0. The van der Waals surface area contributed by atoms with Crippen LogP contribution >= 0.6 is 11.3 Å². The number of nitrogens with zero attached hydrogens (tertiary/aromatic N) is 2. The highest BCUT2D eigenvalue weighted by Crippen LogP contribution is 2.19. The Morgan fingerprint density at radius 3 is 2.56 bits per heavy atom. The van der Waals surface area contributed by atoms with Gasteiger partial charge >= 0.3 is 5.97 Å². The zero-order valence-corrected chi connectivity index (χ0v) is 16.0. The summed E-state index contributed by atoms with van der Waals surface area (Å²) in [7, 11) is 0. The lowest BCUT2D eigenvalue weighted by molar-refractivity contribution is -0.145. The zero-order valence-electron chi connectivity index (χ0n) is 15.2. The van der Waals surface area contributed by atoms with Gasteiger partial charge in [0.25, 0.3) is 5.89 Å². The van der Waals surface area contributed by atoms with Crippen LogP contribution in [0.5, 0.6) is 0 Å². The Kier molecular flexibility index (Phi) is 6.13. The predicted molar refractivity (Wildman–Crippen MR) is 102 cm³/mol. The lowest BCUT2D eigenvalue weighted by Gasteiger charge is -2.01. The van der Waals surface area contributed by atoms with Gasteiger partial charge in [0.05, 0.1) is 11.3 Å².